The lowest BCUT2D eigenvalue weighted by molar-refractivity contribution is 0.0925. The molecule has 0 saturated carbocycles. The van der Waals surface area contributed by atoms with Crippen LogP contribution in [0.5, 0.6) is 0 Å². The number of fused-ring (bicyclic) bond motifs is 1. The Morgan fingerprint density at radius 1 is 1.00 bits per heavy atom. The standard InChI is InChI=1S/C16H13NO3/c1-10-6-7-12-13(8-10)16(20)17(15(12)19)14-5-3-2-4-11(14)9-18/h2-8,18H,9H2,1H3. The minimum absolute atomic E-state index is 0.220. The summed E-state index contributed by atoms with van der Waals surface area (Å²) in [7, 11) is 0. The van der Waals surface area contributed by atoms with Crippen LogP contribution in [0, 0.1) is 6.92 Å². The molecule has 1 aliphatic rings. The molecule has 0 aliphatic carbocycles. The number of aliphatic hydroxyl groups is 1. The Hall–Kier alpha value is -2.46. The predicted molar refractivity (Wildman–Crippen MR) is 74.7 cm³/mol. The van der Waals surface area contributed by atoms with Crippen LogP contribution in [-0.2, 0) is 6.61 Å². The number of para-hydroxylation sites is 1. The first-order valence-corrected chi connectivity index (χ1v) is 6.31. The van der Waals surface area contributed by atoms with Gasteiger partial charge in [0.15, 0.2) is 0 Å². The Morgan fingerprint density at radius 2 is 1.70 bits per heavy atom. The van der Waals surface area contributed by atoms with Crippen molar-refractivity contribution in [2.75, 3.05) is 4.90 Å². The van der Waals surface area contributed by atoms with Gasteiger partial charge >= 0.3 is 0 Å². The molecular formula is C16H13NO3. The molecule has 0 bridgehead atoms. The van der Waals surface area contributed by atoms with Gasteiger partial charge in [-0.25, -0.2) is 4.90 Å². The minimum Gasteiger partial charge on any atom is -0.392 e. The maximum atomic E-state index is 12.5. The van der Waals surface area contributed by atoms with Crippen LogP contribution in [0.3, 0.4) is 0 Å². The SMILES string of the molecule is Cc1ccc2c(c1)C(=O)N(c1ccccc1CO)C2=O. The first-order valence-electron chi connectivity index (χ1n) is 6.31. The fourth-order valence-corrected chi connectivity index (χ4v) is 2.44. The molecule has 20 heavy (non-hydrogen) atoms. The second-order valence-corrected chi connectivity index (χ2v) is 4.78. The fourth-order valence-electron chi connectivity index (χ4n) is 2.44. The molecule has 0 saturated heterocycles. The maximum absolute atomic E-state index is 12.5. The van der Waals surface area contributed by atoms with Crippen LogP contribution in [0.25, 0.3) is 0 Å². The van der Waals surface area contributed by atoms with Gasteiger partial charge in [-0.1, -0.05) is 29.8 Å². The van der Waals surface area contributed by atoms with Crippen molar-refractivity contribution in [2.45, 2.75) is 13.5 Å². The van der Waals surface area contributed by atoms with Crippen LogP contribution in [0.4, 0.5) is 5.69 Å². The van der Waals surface area contributed by atoms with Gasteiger partial charge in [0.2, 0.25) is 0 Å². The van der Waals surface area contributed by atoms with Gasteiger partial charge in [0, 0.05) is 5.56 Å². The highest BCUT2D eigenvalue weighted by Crippen LogP contribution is 2.31. The van der Waals surface area contributed by atoms with E-state index in [9.17, 15) is 14.7 Å². The molecule has 4 nitrogen and oxygen atoms in total. The monoisotopic (exact) mass is 267 g/mol. The first kappa shape index (κ1) is 12.6. The normalized spacial score (nSPS) is 13.8. The molecule has 2 aromatic carbocycles. The van der Waals surface area contributed by atoms with E-state index in [0.29, 0.717) is 22.4 Å². The van der Waals surface area contributed by atoms with Crippen LogP contribution < -0.4 is 4.90 Å². The molecule has 0 fully saturated rings. The van der Waals surface area contributed by atoms with E-state index >= 15 is 0 Å². The van der Waals surface area contributed by atoms with E-state index in [1.54, 1.807) is 36.4 Å². The molecule has 2 aromatic rings. The molecule has 4 heteroatoms. The van der Waals surface area contributed by atoms with Crippen molar-refractivity contribution in [3.8, 4) is 0 Å². The van der Waals surface area contributed by atoms with Crippen molar-refractivity contribution < 1.29 is 14.7 Å². The second-order valence-electron chi connectivity index (χ2n) is 4.78. The molecule has 3 rings (SSSR count). The summed E-state index contributed by atoms with van der Waals surface area (Å²) in [6.07, 6.45) is 0. The maximum Gasteiger partial charge on any atom is 0.266 e. The molecule has 0 spiro atoms. The Morgan fingerprint density at radius 3 is 2.45 bits per heavy atom. The number of amides is 2. The molecule has 100 valence electrons. The zero-order valence-electron chi connectivity index (χ0n) is 11.0. The average molecular weight is 267 g/mol. The Labute approximate surface area is 116 Å². The summed E-state index contributed by atoms with van der Waals surface area (Å²) in [5.41, 5.74) is 2.76. The lowest BCUT2D eigenvalue weighted by Crippen LogP contribution is -2.30. The van der Waals surface area contributed by atoms with E-state index in [1.807, 2.05) is 13.0 Å². The molecule has 0 aromatic heterocycles. The van der Waals surface area contributed by atoms with Gasteiger partial charge in [-0.2, -0.15) is 0 Å². The van der Waals surface area contributed by atoms with Crippen LogP contribution >= 0.6 is 0 Å². The number of nitrogens with zero attached hydrogens (tertiary/aromatic N) is 1. The summed E-state index contributed by atoms with van der Waals surface area (Å²) in [6.45, 7) is 1.66. The van der Waals surface area contributed by atoms with E-state index in [2.05, 4.69) is 0 Å². The van der Waals surface area contributed by atoms with Crippen molar-refractivity contribution in [3.05, 3.63) is 64.7 Å². The number of hydrogen-bond donors (Lipinski definition) is 1. The Balaban J connectivity index is 2.14. The van der Waals surface area contributed by atoms with Gasteiger partial charge in [-0.05, 0) is 25.1 Å². The molecule has 1 N–H and O–H groups in total. The summed E-state index contributed by atoms with van der Waals surface area (Å²) >= 11 is 0. The van der Waals surface area contributed by atoms with E-state index in [4.69, 9.17) is 0 Å². The molecule has 1 heterocycles. The van der Waals surface area contributed by atoms with Gasteiger partial charge in [0.05, 0.1) is 23.4 Å². The third-order valence-corrected chi connectivity index (χ3v) is 3.44. The largest absolute Gasteiger partial charge is 0.392 e. The van der Waals surface area contributed by atoms with E-state index in [1.165, 1.54) is 0 Å². The number of carbonyl (C=O) groups is 2. The van der Waals surface area contributed by atoms with Crippen LogP contribution in [0.1, 0.15) is 31.8 Å². The number of anilines is 1. The van der Waals surface area contributed by atoms with Crippen molar-refractivity contribution in [1.82, 2.24) is 0 Å². The molecule has 1 aliphatic heterocycles. The van der Waals surface area contributed by atoms with Gasteiger partial charge in [0.1, 0.15) is 0 Å². The summed E-state index contributed by atoms with van der Waals surface area (Å²) in [5.74, 6) is -0.680. The Bertz CT molecular complexity index is 721. The third-order valence-electron chi connectivity index (χ3n) is 3.44. The number of aliphatic hydroxyl groups excluding tert-OH is 1. The average Bonchev–Trinajstić information content (AvgIpc) is 2.70. The van der Waals surface area contributed by atoms with E-state index in [0.717, 1.165) is 10.5 Å². The van der Waals surface area contributed by atoms with Crippen LogP contribution in [0.15, 0.2) is 42.5 Å². The van der Waals surface area contributed by atoms with Crippen molar-refractivity contribution in [1.29, 1.82) is 0 Å². The van der Waals surface area contributed by atoms with Gasteiger partial charge in [-0.3, -0.25) is 9.59 Å². The van der Waals surface area contributed by atoms with Crippen LogP contribution in [0.2, 0.25) is 0 Å². The number of imide groups is 1. The lowest BCUT2D eigenvalue weighted by Gasteiger charge is -2.16. The van der Waals surface area contributed by atoms with Gasteiger partial charge < -0.3 is 5.11 Å². The zero-order valence-corrected chi connectivity index (χ0v) is 11.0. The fraction of sp³-hybridized carbons (Fsp3) is 0.125. The van der Waals surface area contributed by atoms with Crippen LogP contribution in [-0.4, -0.2) is 16.9 Å². The molecule has 0 unspecified atom stereocenters. The highest BCUT2D eigenvalue weighted by Gasteiger charge is 2.37. The van der Waals surface area contributed by atoms with E-state index < -0.39 is 0 Å². The number of hydrogen-bond acceptors (Lipinski definition) is 3. The quantitative estimate of drug-likeness (QED) is 0.849. The summed E-state index contributed by atoms with van der Waals surface area (Å²) in [6, 6.07) is 12.1. The molecule has 0 atom stereocenters. The second kappa shape index (κ2) is 4.58. The predicted octanol–water partition coefficient (Wildman–Crippen LogP) is 2.29. The summed E-state index contributed by atoms with van der Waals surface area (Å²) < 4.78 is 0. The van der Waals surface area contributed by atoms with Crippen molar-refractivity contribution in [2.24, 2.45) is 0 Å². The highest BCUT2D eigenvalue weighted by molar-refractivity contribution is 6.34. The highest BCUT2D eigenvalue weighted by atomic mass is 16.3. The van der Waals surface area contributed by atoms with E-state index in [-0.39, 0.29) is 18.4 Å². The van der Waals surface area contributed by atoms with Crippen molar-refractivity contribution >= 4 is 17.5 Å². The summed E-state index contributed by atoms with van der Waals surface area (Å²) in [5, 5.41) is 9.36. The number of benzene rings is 2. The molecule has 0 radical (unpaired) electrons. The first-order chi connectivity index (χ1) is 9.63. The number of carbonyl (C=O) groups excluding carboxylic acids is 2. The number of aryl methyl sites for hydroxylation is 1. The van der Waals surface area contributed by atoms with Crippen molar-refractivity contribution in [3.63, 3.8) is 0 Å². The number of rotatable bonds is 2. The summed E-state index contributed by atoms with van der Waals surface area (Å²) in [4.78, 5) is 26.0. The molecule has 2 amide bonds. The zero-order chi connectivity index (χ0) is 14.3. The van der Waals surface area contributed by atoms with Gasteiger partial charge in [0.25, 0.3) is 11.8 Å². The topological polar surface area (TPSA) is 57.6 Å². The molecular weight excluding hydrogens is 254 g/mol. The van der Waals surface area contributed by atoms with Gasteiger partial charge in [-0.15, -0.1) is 0 Å². The Kier molecular flexibility index (Phi) is 2.88. The lowest BCUT2D eigenvalue weighted by atomic mass is 10.1. The third kappa shape index (κ3) is 1.73. The smallest absolute Gasteiger partial charge is 0.266 e. The minimum atomic E-state index is -0.342.